The first-order valence-electron chi connectivity index (χ1n) is 6.41. The molecule has 1 aliphatic heterocycles. The quantitative estimate of drug-likeness (QED) is 0.650. The summed E-state index contributed by atoms with van der Waals surface area (Å²) in [5.74, 6) is 0. The second-order valence-electron chi connectivity index (χ2n) is 5.19. The molecular formula is C13H27N. The van der Waals surface area contributed by atoms with Gasteiger partial charge in [0.15, 0.2) is 0 Å². The van der Waals surface area contributed by atoms with Crippen molar-refractivity contribution >= 4 is 0 Å². The molecule has 84 valence electrons. The van der Waals surface area contributed by atoms with Crippen LogP contribution in [0.1, 0.15) is 58.8 Å². The molecule has 1 heteroatoms. The van der Waals surface area contributed by atoms with Gasteiger partial charge in [-0.2, -0.15) is 0 Å². The van der Waals surface area contributed by atoms with E-state index in [9.17, 15) is 0 Å². The minimum absolute atomic E-state index is 0.678. The third kappa shape index (κ3) is 3.27. The van der Waals surface area contributed by atoms with Gasteiger partial charge in [0.25, 0.3) is 0 Å². The van der Waals surface area contributed by atoms with Crippen LogP contribution in [0.3, 0.4) is 0 Å². The number of hydrogen-bond donors (Lipinski definition) is 0. The summed E-state index contributed by atoms with van der Waals surface area (Å²) in [6.07, 6.45) is 9.94. The monoisotopic (exact) mass is 197 g/mol. The standard InChI is InChI=1S/C13H27N/c1-4-6-9-13(8-5-2)10-7-11-14(3)12-13/h4-12H2,1-3H3. The van der Waals surface area contributed by atoms with Crippen molar-refractivity contribution in [2.75, 3.05) is 20.1 Å². The van der Waals surface area contributed by atoms with E-state index >= 15 is 0 Å². The maximum Gasteiger partial charge on any atom is 0.00349 e. The van der Waals surface area contributed by atoms with Gasteiger partial charge in [-0.1, -0.05) is 33.1 Å². The van der Waals surface area contributed by atoms with Crippen LogP contribution >= 0.6 is 0 Å². The highest BCUT2D eigenvalue weighted by Crippen LogP contribution is 2.38. The number of rotatable bonds is 5. The Kier molecular flexibility index (Phi) is 4.94. The Bertz CT molecular complexity index is 151. The second-order valence-corrected chi connectivity index (χ2v) is 5.19. The molecule has 1 aliphatic rings. The fourth-order valence-corrected chi connectivity index (χ4v) is 3.07. The fourth-order valence-electron chi connectivity index (χ4n) is 3.07. The average molecular weight is 197 g/mol. The van der Waals surface area contributed by atoms with E-state index in [2.05, 4.69) is 25.8 Å². The predicted molar refractivity (Wildman–Crippen MR) is 63.6 cm³/mol. The summed E-state index contributed by atoms with van der Waals surface area (Å²) in [7, 11) is 2.29. The number of likely N-dealkylation sites (tertiary alicyclic amines) is 1. The molecule has 0 saturated carbocycles. The third-order valence-electron chi connectivity index (χ3n) is 3.69. The van der Waals surface area contributed by atoms with Gasteiger partial charge in [0.1, 0.15) is 0 Å². The molecule has 0 radical (unpaired) electrons. The average Bonchev–Trinajstić information content (AvgIpc) is 2.15. The number of unbranched alkanes of at least 4 members (excludes halogenated alkanes) is 1. The minimum Gasteiger partial charge on any atom is -0.306 e. The molecule has 0 aliphatic carbocycles. The van der Waals surface area contributed by atoms with Crippen molar-refractivity contribution < 1.29 is 0 Å². The highest BCUT2D eigenvalue weighted by atomic mass is 15.1. The van der Waals surface area contributed by atoms with Crippen molar-refractivity contribution in [3.05, 3.63) is 0 Å². The molecule has 0 aromatic rings. The van der Waals surface area contributed by atoms with Crippen LogP contribution in [-0.4, -0.2) is 25.0 Å². The first-order chi connectivity index (χ1) is 6.72. The Morgan fingerprint density at radius 3 is 2.50 bits per heavy atom. The van der Waals surface area contributed by atoms with Gasteiger partial charge < -0.3 is 4.90 Å². The lowest BCUT2D eigenvalue weighted by Crippen LogP contribution is -2.41. The molecule has 1 fully saturated rings. The summed E-state index contributed by atoms with van der Waals surface area (Å²) in [5.41, 5.74) is 0.678. The lowest BCUT2D eigenvalue weighted by molar-refractivity contribution is 0.0864. The van der Waals surface area contributed by atoms with Crippen molar-refractivity contribution in [3.63, 3.8) is 0 Å². The Hall–Kier alpha value is -0.0400. The molecule has 1 atom stereocenters. The van der Waals surface area contributed by atoms with Gasteiger partial charge in [-0.3, -0.25) is 0 Å². The largest absolute Gasteiger partial charge is 0.306 e. The molecule has 1 rings (SSSR count). The van der Waals surface area contributed by atoms with Gasteiger partial charge >= 0.3 is 0 Å². The third-order valence-corrected chi connectivity index (χ3v) is 3.69. The van der Waals surface area contributed by atoms with E-state index in [1.807, 2.05) is 0 Å². The molecule has 0 amide bonds. The highest BCUT2D eigenvalue weighted by molar-refractivity contribution is 4.85. The van der Waals surface area contributed by atoms with E-state index in [-0.39, 0.29) is 0 Å². The van der Waals surface area contributed by atoms with Gasteiger partial charge in [0.2, 0.25) is 0 Å². The minimum atomic E-state index is 0.678. The van der Waals surface area contributed by atoms with E-state index in [0.29, 0.717) is 5.41 Å². The van der Waals surface area contributed by atoms with Crippen LogP contribution in [0, 0.1) is 5.41 Å². The van der Waals surface area contributed by atoms with Crippen molar-refractivity contribution in [2.24, 2.45) is 5.41 Å². The number of piperidine rings is 1. The van der Waals surface area contributed by atoms with Crippen LogP contribution in [0.25, 0.3) is 0 Å². The maximum atomic E-state index is 2.54. The molecule has 14 heavy (non-hydrogen) atoms. The number of nitrogens with zero attached hydrogens (tertiary/aromatic N) is 1. The van der Waals surface area contributed by atoms with E-state index in [0.717, 1.165) is 0 Å². The van der Waals surface area contributed by atoms with Crippen molar-refractivity contribution in [3.8, 4) is 0 Å². The first-order valence-corrected chi connectivity index (χ1v) is 6.41. The topological polar surface area (TPSA) is 3.24 Å². The Morgan fingerprint density at radius 1 is 1.14 bits per heavy atom. The molecule has 0 aromatic heterocycles. The second kappa shape index (κ2) is 5.75. The molecule has 1 unspecified atom stereocenters. The van der Waals surface area contributed by atoms with Gasteiger partial charge in [-0.15, -0.1) is 0 Å². The normalized spacial score (nSPS) is 29.4. The molecule has 0 aromatic carbocycles. The molecule has 0 N–H and O–H groups in total. The Balaban J connectivity index is 2.50. The van der Waals surface area contributed by atoms with Crippen molar-refractivity contribution in [1.82, 2.24) is 4.90 Å². The van der Waals surface area contributed by atoms with Crippen LogP contribution in [0.2, 0.25) is 0 Å². The van der Waals surface area contributed by atoms with Gasteiger partial charge in [0.05, 0.1) is 0 Å². The summed E-state index contributed by atoms with van der Waals surface area (Å²) in [6, 6.07) is 0. The van der Waals surface area contributed by atoms with E-state index in [4.69, 9.17) is 0 Å². The molecule has 0 spiro atoms. The molecule has 0 bridgehead atoms. The zero-order chi connectivity index (χ0) is 10.4. The SMILES string of the molecule is CCCCC1(CCC)CCCN(C)C1. The molecule has 1 heterocycles. The zero-order valence-electron chi connectivity index (χ0n) is 10.3. The Morgan fingerprint density at radius 2 is 1.93 bits per heavy atom. The Labute approximate surface area is 89.9 Å². The van der Waals surface area contributed by atoms with Crippen LogP contribution < -0.4 is 0 Å². The summed E-state index contributed by atoms with van der Waals surface area (Å²) >= 11 is 0. The van der Waals surface area contributed by atoms with E-state index in [1.54, 1.807) is 0 Å². The van der Waals surface area contributed by atoms with Crippen molar-refractivity contribution in [2.45, 2.75) is 58.8 Å². The van der Waals surface area contributed by atoms with Crippen LogP contribution in [0.4, 0.5) is 0 Å². The van der Waals surface area contributed by atoms with Gasteiger partial charge in [0, 0.05) is 6.54 Å². The molecule has 1 saturated heterocycles. The lowest BCUT2D eigenvalue weighted by atomic mass is 9.73. The predicted octanol–water partition coefficient (Wildman–Crippen LogP) is 3.69. The van der Waals surface area contributed by atoms with Gasteiger partial charge in [-0.05, 0) is 44.7 Å². The molecule has 1 nitrogen and oxygen atoms in total. The van der Waals surface area contributed by atoms with E-state index in [1.165, 1.54) is 58.0 Å². The van der Waals surface area contributed by atoms with Gasteiger partial charge in [-0.25, -0.2) is 0 Å². The maximum absolute atomic E-state index is 2.54. The lowest BCUT2D eigenvalue weighted by Gasteiger charge is -2.42. The van der Waals surface area contributed by atoms with Crippen LogP contribution in [0.15, 0.2) is 0 Å². The van der Waals surface area contributed by atoms with Crippen LogP contribution in [-0.2, 0) is 0 Å². The van der Waals surface area contributed by atoms with Crippen molar-refractivity contribution in [1.29, 1.82) is 0 Å². The smallest absolute Gasteiger partial charge is 0.00349 e. The summed E-state index contributed by atoms with van der Waals surface area (Å²) in [6.45, 7) is 7.31. The fraction of sp³-hybridized carbons (Fsp3) is 1.00. The van der Waals surface area contributed by atoms with E-state index < -0.39 is 0 Å². The first kappa shape index (κ1) is 12.0. The number of hydrogen-bond acceptors (Lipinski definition) is 1. The summed E-state index contributed by atoms with van der Waals surface area (Å²) in [5, 5.41) is 0. The zero-order valence-corrected chi connectivity index (χ0v) is 10.3. The summed E-state index contributed by atoms with van der Waals surface area (Å²) in [4.78, 5) is 2.54. The highest BCUT2D eigenvalue weighted by Gasteiger charge is 2.32. The van der Waals surface area contributed by atoms with Crippen LogP contribution in [0.5, 0.6) is 0 Å². The summed E-state index contributed by atoms with van der Waals surface area (Å²) < 4.78 is 0. The molecular weight excluding hydrogens is 170 g/mol.